The first-order valence-corrected chi connectivity index (χ1v) is 8.46. The first-order chi connectivity index (χ1) is 12.3. The third kappa shape index (κ3) is 6.33. The van der Waals surface area contributed by atoms with Crippen molar-refractivity contribution >= 4 is 12.1 Å². The molecule has 0 saturated carbocycles. The Morgan fingerprint density at radius 2 is 1.70 bits per heavy atom. The number of amides is 1. The van der Waals surface area contributed by atoms with Gasteiger partial charge in [-0.15, -0.1) is 13.2 Å². The van der Waals surface area contributed by atoms with E-state index in [4.69, 9.17) is 9.84 Å². The SMILES string of the molecule is CC(C)(C)OC(=O)N1CCC(c2cc(OC(F)(F)F)cc(C(=O)O)c2)CC1. The zero-order chi connectivity index (χ0) is 20.4. The maximum atomic E-state index is 12.5. The third-order valence-electron chi connectivity index (χ3n) is 4.03. The maximum absolute atomic E-state index is 12.5. The van der Waals surface area contributed by atoms with Crippen LogP contribution in [0, 0.1) is 0 Å². The number of hydrogen-bond donors (Lipinski definition) is 1. The Morgan fingerprint density at radius 3 is 2.19 bits per heavy atom. The average molecular weight is 389 g/mol. The van der Waals surface area contributed by atoms with Gasteiger partial charge in [0, 0.05) is 13.1 Å². The Morgan fingerprint density at radius 1 is 1.11 bits per heavy atom. The van der Waals surface area contributed by atoms with E-state index < -0.39 is 29.8 Å². The number of carbonyl (C=O) groups is 2. The molecule has 0 aromatic heterocycles. The second-order valence-electron chi connectivity index (χ2n) is 7.39. The van der Waals surface area contributed by atoms with E-state index in [1.54, 1.807) is 20.8 Å². The van der Waals surface area contributed by atoms with Crippen molar-refractivity contribution in [3.05, 3.63) is 29.3 Å². The Balaban J connectivity index is 2.12. The minimum absolute atomic E-state index is 0.182. The number of likely N-dealkylation sites (tertiary alicyclic amines) is 1. The number of aromatic carboxylic acids is 1. The molecule has 0 atom stereocenters. The van der Waals surface area contributed by atoms with Crippen molar-refractivity contribution in [2.45, 2.75) is 51.5 Å². The molecule has 1 aliphatic heterocycles. The fourth-order valence-electron chi connectivity index (χ4n) is 2.90. The monoisotopic (exact) mass is 389 g/mol. The Labute approximate surface area is 154 Å². The van der Waals surface area contributed by atoms with Gasteiger partial charge in [-0.05, 0) is 63.3 Å². The van der Waals surface area contributed by atoms with E-state index >= 15 is 0 Å². The van der Waals surface area contributed by atoms with Crippen LogP contribution in [0.1, 0.15) is 55.5 Å². The summed E-state index contributed by atoms with van der Waals surface area (Å²) in [7, 11) is 0. The summed E-state index contributed by atoms with van der Waals surface area (Å²) < 4.78 is 46.7. The molecule has 1 saturated heterocycles. The molecule has 1 amide bonds. The summed E-state index contributed by atoms with van der Waals surface area (Å²) in [4.78, 5) is 24.9. The predicted octanol–water partition coefficient (Wildman–Crippen LogP) is 4.40. The van der Waals surface area contributed by atoms with Gasteiger partial charge in [0.25, 0.3) is 0 Å². The summed E-state index contributed by atoms with van der Waals surface area (Å²) in [5.74, 6) is -2.08. The van der Waals surface area contributed by atoms with E-state index in [1.807, 2.05) is 0 Å². The number of carbonyl (C=O) groups excluding carboxylic acids is 1. The van der Waals surface area contributed by atoms with Crippen LogP contribution in [0.2, 0.25) is 0 Å². The Bertz CT molecular complexity index is 704. The lowest BCUT2D eigenvalue weighted by Gasteiger charge is -2.33. The van der Waals surface area contributed by atoms with Crippen molar-refractivity contribution in [3.8, 4) is 5.75 Å². The van der Waals surface area contributed by atoms with Gasteiger partial charge in [-0.25, -0.2) is 9.59 Å². The van der Waals surface area contributed by atoms with Crippen molar-refractivity contribution < 1.29 is 37.3 Å². The summed E-state index contributed by atoms with van der Waals surface area (Å²) in [6.07, 6.45) is -4.39. The summed E-state index contributed by atoms with van der Waals surface area (Å²) in [6.45, 7) is 6.02. The summed E-state index contributed by atoms with van der Waals surface area (Å²) in [6, 6.07) is 3.39. The van der Waals surface area contributed by atoms with Gasteiger partial charge < -0.3 is 19.5 Å². The van der Waals surface area contributed by atoms with E-state index in [0.717, 1.165) is 6.07 Å². The highest BCUT2D eigenvalue weighted by Crippen LogP contribution is 2.33. The molecule has 1 aromatic carbocycles. The van der Waals surface area contributed by atoms with Crippen LogP contribution < -0.4 is 4.74 Å². The number of halogens is 3. The predicted molar refractivity (Wildman–Crippen MR) is 89.9 cm³/mol. The van der Waals surface area contributed by atoms with Crippen molar-refractivity contribution in [3.63, 3.8) is 0 Å². The summed E-state index contributed by atoms with van der Waals surface area (Å²) >= 11 is 0. The molecule has 0 unspecified atom stereocenters. The Hall–Kier alpha value is -2.45. The molecule has 150 valence electrons. The topological polar surface area (TPSA) is 76.1 Å². The summed E-state index contributed by atoms with van der Waals surface area (Å²) in [5, 5.41) is 9.15. The fraction of sp³-hybridized carbons (Fsp3) is 0.556. The van der Waals surface area contributed by atoms with Crippen LogP contribution in [0.25, 0.3) is 0 Å². The highest BCUT2D eigenvalue weighted by atomic mass is 19.4. The second-order valence-corrected chi connectivity index (χ2v) is 7.39. The first-order valence-electron chi connectivity index (χ1n) is 8.46. The van der Waals surface area contributed by atoms with Crippen LogP contribution in [-0.4, -0.2) is 47.1 Å². The minimum Gasteiger partial charge on any atom is -0.478 e. The number of carboxylic acid groups (broad SMARTS) is 1. The number of carboxylic acids is 1. The van der Waals surface area contributed by atoms with Gasteiger partial charge in [0.15, 0.2) is 0 Å². The van der Waals surface area contributed by atoms with E-state index in [-0.39, 0.29) is 11.5 Å². The van der Waals surface area contributed by atoms with E-state index in [2.05, 4.69) is 4.74 Å². The number of hydrogen-bond acceptors (Lipinski definition) is 4. The van der Waals surface area contributed by atoms with Crippen molar-refractivity contribution in [2.24, 2.45) is 0 Å². The van der Waals surface area contributed by atoms with Gasteiger partial charge >= 0.3 is 18.4 Å². The largest absolute Gasteiger partial charge is 0.573 e. The lowest BCUT2D eigenvalue weighted by Crippen LogP contribution is -2.41. The molecular weight excluding hydrogens is 367 g/mol. The van der Waals surface area contributed by atoms with Crippen LogP contribution in [0.4, 0.5) is 18.0 Å². The molecule has 0 spiro atoms. The molecule has 0 aliphatic carbocycles. The molecule has 6 nitrogen and oxygen atoms in total. The summed E-state index contributed by atoms with van der Waals surface area (Å²) in [5.41, 5.74) is -0.451. The number of rotatable bonds is 3. The molecule has 1 N–H and O–H groups in total. The Kier molecular flexibility index (Phi) is 5.91. The molecule has 0 radical (unpaired) electrons. The first kappa shape index (κ1) is 20.9. The number of piperidine rings is 1. The van der Waals surface area contributed by atoms with E-state index in [1.165, 1.54) is 17.0 Å². The second kappa shape index (κ2) is 7.66. The van der Waals surface area contributed by atoms with E-state index in [9.17, 15) is 22.8 Å². The molecule has 27 heavy (non-hydrogen) atoms. The number of benzene rings is 1. The smallest absolute Gasteiger partial charge is 0.478 e. The normalized spacial score (nSPS) is 16.1. The molecule has 9 heteroatoms. The van der Waals surface area contributed by atoms with Crippen LogP contribution in [0.15, 0.2) is 18.2 Å². The zero-order valence-electron chi connectivity index (χ0n) is 15.3. The highest BCUT2D eigenvalue weighted by Gasteiger charge is 2.32. The fourth-order valence-corrected chi connectivity index (χ4v) is 2.90. The highest BCUT2D eigenvalue weighted by molar-refractivity contribution is 5.88. The van der Waals surface area contributed by atoms with Gasteiger partial charge in [0.05, 0.1) is 5.56 Å². The molecule has 1 aliphatic rings. The van der Waals surface area contributed by atoms with Crippen LogP contribution in [-0.2, 0) is 4.74 Å². The van der Waals surface area contributed by atoms with Crippen molar-refractivity contribution in [1.82, 2.24) is 4.90 Å². The van der Waals surface area contributed by atoms with E-state index in [0.29, 0.717) is 31.5 Å². The molecule has 0 bridgehead atoms. The van der Waals surface area contributed by atoms with Crippen molar-refractivity contribution in [2.75, 3.05) is 13.1 Å². The van der Waals surface area contributed by atoms with Gasteiger partial charge in [-0.3, -0.25) is 0 Å². The molecule has 1 aromatic rings. The zero-order valence-corrected chi connectivity index (χ0v) is 15.3. The standard InChI is InChI=1S/C18H22F3NO5/c1-17(2,3)27-16(25)22-6-4-11(5-7-22)12-8-13(15(23)24)10-14(9-12)26-18(19,20)21/h8-11H,4-7H2,1-3H3,(H,23,24). The maximum Gasteiger partial charge on any atom is 0.573 e. The lowest BCUT2D eigenvalue weighted by atomic mass is 9.88. The van der Waals surface area contributed by atoms with Crippen LogP contribution in [0.5, 0.6) is 5.75 Å². The molecule has 2 rings (SSSR count). The number of ether oxygens (including phenoxy) is 2. The lowest BCUT2D eigenvalue weighted by molar-refractivity contribution is -0.274. The van der Waals surface area contributed by atoms with Gasteiger partial charge in [-0.1, -0.05) is 0 Å². The average Bonchev–Trinajstić information content (AvgIpc) is 2.51. The quantitative estimate of drug-likeness (QED) is 0.829. The third-order valence-corrected chi connectivity index (χ3v) is 4.03. The molecule has 1 fully saturated rings. The van der Waals surface area contributed by atoms with Gasteiger partial charge in [0.2, 0.25) is 0 Å². The minimum atomic E-state index is -4.91. The number of nitrogens with zero attached hydrogens (tertiary/aromatic N) is 1. The molecular formula is C18H22F3NO5. The van der Waals surface area contributed by atoms with Gasteiger partial charge in [-0.2, -0.15) is 0 Å². The van der Waals surface area contributed by atoms with Crippen molar-refractivity contribution in [1.29, 1.82) is 0 Å². The van der Waals surface area contributed by atoms with Crippen LogP contribution in [0.3, 0.4) is 0 Å². The molecule has 1 heterocycles. The van der Waals surface area contributed by atoms with Gasteiger partial charge in [0.1, 0.15) is 11.4 Å². The van der Waals surface area contributed by atoms with Crippen LogP contribution >= 0.6 is 0 Å². The number of alkyl halides is 3.